The molecule has 1 amide bonds. The number of imidazole rings is 1. The standard InChI is InChI=1S/C17H27N5O5S2/c1-12-18-9-14(22(25)26)21(12)10-13(23)11-29-16(28)20-7-5-19(6-8-20)15(24)27-17(2,3)4/h9,13,23H,5-8,10-11H2,1-4H3. The molecule has 0 spiro atoms. The fourth-order valence-electron chi connectivity index (χ4n) is 2.75. The summed E-state index contributed by atoms with van der Waals surface area (Å²) in [5.41, 5.74) is -0.530. The molecule has 1 saturated heterocycles. The Bertz CT molecular complexity index is 756. The van der Waals surface area contributed by atoms with Crippen LogP contribution < -0.4 is 0 Å². The Labute approximate surface area is 179 Å². The Kier molecular flexibility index (Phi) is 7.83. The molecule has 1 atom stereocenters. The van der Waals surface area contributed by atoms with Gasteiger partial charge in [0.1, 0.15) is 28.8 Å². The summed E-state index contributed by atoms with van der Waals surface area (Å²) in [6, 6.07) is 0. The summed E-state index contributed by atoms with van der Waals surface area (Å²) >= 11 is 6.76. The van der Waals surface area contributed by atoms with Crippen molar-refractivity contribution >= 4 is 40.2 Å². The summed E-state index contributed by atoms with van der Waals surface area (Å²) in [5, 5.41) is 21.3. The first kappa shape index (κ1) is 23.4. The van der Waals surface area contributed by atoms with Gasteiger partial charge in [0.2, 0.25) is 0 Å². The molecule has 1 fully saturated rings. The molecule has 0 aliphatic carbocycles. The second-order valence-corrected chi connectivity index (χ2v) is 9.37. The number of nitro groups is 1. The van der Waals surface area contributed by atoms with Crippen LogP contribution in [0.4, 0.5) is 10.6 Å². The van der Waals surface area contributed by atoms with Crippen molar-refractivity contribution in [1.29, 1.82) is 0 Å². The number of aliphatic hydroxyl groups is 1. The van der Waals surface area contributed by atoms with Gasteiger partial charge in [-0.25, -0.2) is 14.3 Å². The van der Waals surface area contributed by atoms with Crippen molar-refractivity contribution in [3.8, 4) is 0 Å². The highest BCUT2D eigenvalue weighted by Crippen LogP contribution is 2.18. The number of nitrogens with zero attached hydrogens (tertiary/aromatic N) is 5. The van der Waals surface area contributed by atoms with Gasteiger partial charge >= 0.3 is 11.9 Å². The smallest absolute Gasteiger partial charge is 0.410 e. The van der Waals surface area contributed by atoms with Crippen LogP contribution in [0.15, 0.2) is 6.20 Å². The average molecular weight is 446 g/mol. The van der Waals surface area contributed by atoms with Crippen LogP contribution in [0.2, 0.25) is 0 Å². The second-order valence-electron chi connectivity index (χ2n) is 7.72. The highest BCUT2D eigenvalue weighted by molar-refractivity contribution is 8.22. The maximum absolute atomic E-state index is 12.1. The fraction of sp³-hybridized carbons (Fsp3) is 0.706. The zero-order chi connectivity index (χ0) is 21.8. The number of thioether (sulfide) groups is 1. The highest BCUT2D eigenvalue weighted by Gasteiger charge is 2.27. The number of piperazine rings is 1. The van der Waals surface area contributed by atoms with E-state index in [-0.39, 0.29) is 18.5 Å². The van der Waals surface area contributed by atoms with Crippen LogP contribution in [0, 0.1) is 17.0 Å². The number of thiocarbonyl (C=S) groups is 1. The minimum Gasteiger partial charge on any atom is -0.444 e. The molecule has 162 valence electrons. The van der Waals surface area contributed by atoms with Gasteiger partial charge in [-0.3, -0.25) is 0 Å². The van der Waals surface area contributed by atoms with Gasteiger partial charge in [0.05, 0.1) is 0 Å². The van der Waals surface area contributed by atoms with E-state index >= 15 is 0 Å². The Morgan fingerprint density at radius 1 is 1.38 bits per heavy atom. The van der Waals surface area contributed by atoms with Crippen LogP contribution >= 0.6 is 24.0 Å². The summed E-state index contributed by atoms with van der Waals surface area (Å²) in [4.78, 5) is 30.2. The molecule has 1 aliphatic rings. The van der Waals surface area contributed by atoms with Crippen LogP contribution in [0.25, 0.3) is 0 Å². The number of aliphatic hydroxyl groups excluding tert-OH is 1. The van der Waals surface area contributed by atoms with E-state index in [9.17, 15) is 20.0 Å². The Balaban J connectivity index is 1.78. The van der Waals surface area contributed by atoms with Crippen molar-refractivity contribution in [3.63, 3.8) is 0 Å². The molecule has 0 aromatic carbocycles. The highest BCUT2D eigenvalue weighted by atomic mass is 32.2. The van der Waals surface area contributed by atoms with E-state index in [2.05, 4.69) is 4.98 Å². The summed E-state index contributed by atoms with van der Waals surface area (Å²) in [6.45, 7) is 9.43. The molecule has 2 heterocycles. The third kappa shape index (κ3) is 6.82. The fourth-order valence-corrected chi connectivity index (χ4v) is 3.94. The lowest BCUT2D eigenvalue weighted by atomic mass is 10.2. The Hall–Kier alpha value is -1.92. The maximum Gasteiger partial charge on any atom is 0.410 e. The lowest BCUT2D eigenvalue weighted by Gasteiger charge is -2.36. The van der Waals surface area contributed by atoms with Gasteiger partial charge in [0, 0.05) is 38.9 Å². The minimum absolute atomic E-state index is 0.0736. The van der Waals surface area contributed by atoms with Gasteiger partial charge in [-0.15, -0.1) is 0 Å². The average Bonchev–Trinajstić information content (AvgIpc) is 2.99. The zero-order valence-electron chi connectivity index (χ0n) is 17.0. The molecule has 1 unspecified atom stereocenters. The van der Waals surface area contributed by atoms with Crippen molar-refractivity contribution in [2.24, 2.45) is 0 Å². The number of rotatable bonds is 5. The molecule has 2 rings (SSSR count). The van der Waals surface area contributed by atoms with Gasteiger partial charge in [-0.2, -0.15) is 0 Å². The normalized spacial score (nSPS) is 15.9. The van der Waals surface area contributed by atoms with E-state index in [0.717, 1.165) is 0 Å². The molecule has 0 radical (unpaired) electrons. The van der Waals surface area contributed by atoms with E-state index in [0.29, 0.717) is 42.1 Å². The number of hydrogen-bond acceptors (Lipinski definition) is 8. The van der Waals surface area contributed by atoms with Crippen LogP contribution in [0.3, 0.4) is 0 Å². The van der Waals surface area contributed by atoms with Crippen molar-refractivity contribution in [2.45, 2.75) is 45.9 Å². The first-order valence-corrected chi connectivity index (χ1v) is 10.6. The zero-order valence-corrected chi connectivity index (χ0v) is 18.7. The number of aryl methyl sites for hydroxylation is 1. The minimum atomic E-state index is -0.812. The van der Waals surface area contributed by atoms with Crippen molar-refractivity contribution < 1.29 is 19.6 Å². The van der Waals surface area contributed by atoms with Crippen LogP contribution in [0.5, 0.6) is 0 Å². The van der Waals surface area contributed by atoms with E-state index in [1.807, 2.05) is 25.7 Å². The van der Waals surface area contributed by atoms with Crippen LogP contribution in [-0.4, -0.2) is 83.4 Å². The molecule has 1 N–H and O–H groups in total. The number of hydrogen-bond donors (Lipinski definition) is 1. The monoisotopic (exact) mass is 445 g/mol. The lowest BCUT2D eigenvalue weighted by Crippen LogP contribution is -2.50. The Morgan fingerprint density at radius 3 is 2.52 bits per heavy atom. The molecule has 0 bridgehead atoms. The molecule has 1 aromatic heterocycles. The molecular formula is C17H27N5O5S2. The topological polar surface area (TPSA) is 114 Å². The molecule has 0 saturated carbocycles. The van der Waals surface area contributed by atoms with Crippen molar-refractivity contribution in [1.82, 2.24) is 19.4 Å². The Morgan fingerprint density at radius 2 is 1.97 bits per heavy atom. The third-order valence-electron chi connectivity index (χ3n) is 4.20. The van der Waals surface area contributed by atoms with Gasteiger partial charge in [0.25, 0.3) is 0 Å². The predicted molar refractivity (Wildman–Crippen MR) is 114 cm³/mol. The molecule has 12 heteroatoms. The van der Waals surface area contributed by atoms with Crippen LogP contribution in [0.1, 0.15) is 26.6 Å². The SMILES string of the molecule is Cc1ncc([N+](=O)[O-])n1CC(O)CSC(=S)N1CCN(C(=O)OC(C)(C)C)CC1. The van der Waals surface area contributed by atoms with Crippen LogP contribution in [-0.2, 0) is 11.3 Å². The number of amides is 1. The number of carbonyl (C=O) groups is 1. The molecule has 29 heavy (non-hydrogen) atoms. The van der Waals surface area contributed by atoms with E-state index in [1.54, 1.807) is 11.8 Å². The van der Waals surface area contributed by atoms with Gasteiger partial charge in [-0.05, 0) is 25.7 Å². The van der Waals surface area contributed by atoms with Gasteiger partial charge in [0.15, 0.2) is 5.82 Å². The first-order chi connectivity index (χ1) is 13.5. The lowest BCUT2D eigenvalue weighted by molar-refractivity contribution is -0.392. The van der Waals surface area contributed by atoms with Gasteiger partial charge in [-0.1, -0.05) is 24.0 Å². The largest absolute Gasteiger partial charge is 0.444 e. The number of carbonyl (C=O) groups excluding carboxylic acids is 1. The van der Waals surface area contributed by atoms with Crippen molar-refractivity contribution in [3.05, 3.63) is 22.1 Å². The molecule has 1 aliphatic heterocycles. The first-order valence-electron chi connectivity index (χ1n) is 9.22. The van der Waals surface area contributed by atoms with E-state index in [4.69, 9.17) is 17.0 Å². The summed E-state index contributed by atoms with van der Waals surface area (Å²) < 4.78 is 7.39. The summed E-state index contributed by atoms with van der Waals surface area (Å²) in [7, 11) is 0. The molecule has 1 aromatic rings. The predicted octanol–water partition coefficient (Wildman–Crippen LogP) is 2.03. The molecule has 10 nitrogen and oxygen atoms in total. The summed E-state index contributed by atoms with van der Waals surface area (Å²) in [6.07, 6.45) is 0.0420. The van der Waals surface area contributed by atoms with E-state index in [1.165, 1.54) is 22.5 Å². The molecular weight excluding hydrogens is 418 g/mol. The van der Waals surface area contributed by atoms with Gasteiger partial charge < -0.3 is 29.8 Å². The number of aromatic nitrogens is 2. The van der Waals surface area contributed by atoms with Crippen molar-refractivity contribution in [2.75, 3.05) is 31.9 Å². The second kappa shape index (κ2) is 9.72. The number of ether oxygens (including phenoxy) is 1. The van der Waals surface area contributed by atoms with E-state index < -0.39 is 16.6 Å². The quantitative estimate of drug-likeness (QED) is 0.413. The third-order valence-corrected chi connectivity index (χ3v) is 5.87. The summed E-state index contributed by atoms with van der Waals surface area (Å²) in [5.74, 6) is 0.633. The maximum atomic E-state index is 12.1.